The van der Waals surface area contributed by atoms with Crippen LogP contribution in [0.1, 0.15) is 31.1 Å². The number of hydrogen-bond donors (Lipinski definition) is 2. The van der Waals surface area contributed by atoms with Gasteiger partial charge < -0.3 is 10.6 Å². The van der Waals surface area contributed by atoms with E-state index in [4.69, 9.17) is 0 Å². The molecule has 1 aromatic heterocycles. The van der Waals surface area contributed by atoms with Crippen LogP contribution in [0, 0.1) is 0 Å². The van der Waals surface area contributed by atoms with Crippen molar-refractivity contribution in [1.29, 1.82) is 0 Å². The standard InChI is InChI=1S/C11H13N3O3/c1-6(15)9-4-10(12-7(2)16)14-11(5-9)13-8(3)17/h4-5H,1-3H3,(H2,12,13,14,16,17). The van der Waals surface area contributed by atoms with Crippen LogP contribution in [0.4, 0.5) is 11.6 Å². The van der Waals surface area contributed by atoms with Crippen molar-refractivity contribution < 1.29 is 14.4 Å². The summed E-state index contributed by atoms with van der Waals surface area (Å²) < 4.78 is 0. The van der Waals surface area contributed by atoms with Gasteiger partial charge in [0.05, 0.1) is 0 Å². The van der Waals surface area contributed by atoms with E-state index in [0.29, 0.717) is 5.56 Å². The second-order valence-corrected chi connectivity index (χ2v) is 3.54. The van der Waals surface area contributed by atoms with Gasteiger partial charge in [0.15, 0.2) is 5.78 Å². The van der Waals surface area contributed by atoms with Gasteiger partial charge in [-0.1, -0.05) is 0 Å². The quantitative estimate of drug-likeness (QED) is 0.770. The van der Waals surface area contributed by atoms with Crippen molar-refractivity contribution in [3.8, 4) is 0 Å². The maximum atomic E-state index is 11.3. The van der Waals surface area contributed by atoms with Gasteiger partial charge in [0.25, 0.3) is 0 Å². The Morgan fingerprint density at radius 3 is 1.65 bits per heavy atom. The zero-order valence-electron chi connectivity index (χ0n) is 9.83. The zero-order valence-corrected chi connectivity index (χ0v) is 9.83. The van der Waals surface area contributed by atoms with Gasteiger partial charge in [-0.25, -0.2) is 4.98 Å². The molecule has 0 aliphatic rings. The van der Waals surface area contributed by atoms with E-state index in [1.54, 1.807) is 0 Å². The van der Waals surface area contributed by atoms with Crippen molar-refractivity contribution in [2.75, 3.05) is 10.6 Å². The smallest absolute Gasteiger partial charge is 0.222 e. The van der Waals surface area contributed by atoms with Gasteiger partial charge in [-0.05, 0) is 19.1 Å². The Hall–Kier alpha value is -2.24. The molecule has 0 radical (unpaired) electrons. The average Bonchev–Trinajstić information content (AvgIpc) is 2.14. The third-order valence-electron chi connectivity index (χ3n) is 1.84. The second-order valence-electron chi connectivity index (χ2n) is 3.54. The van der Waals surface area contributed by atoms with Crippen LogP contribution in [0.15, 0.2) is 12.1 Å². The van der Waals surface area contributed by atoms with E-state index in [2.05, 4.69) is 15.6 Å². The lowest BCUT2D eigenvalue weighted by atomic mass is 10.2. The second kappa shape index (κ2) is 5.20. The van der Waals surface area contributed by atoms with Crippen molar-refractivity contribution in [1.82, 2.24) is 4.98 Å². The Morgan fingerprint density at radius 1 is 0.941 bits per heavy atom. The third kappa shape index (κ3) is 4.02. The first-order valence-electron chi connectivity index (χ1n) is 4.96. The molecule has 0 saturated heterocycles. The number of Topliss-reactive ketones (excluding diaryl/α,β-unsaturated/α-hetero) is 1. The topological polar surface area (TPSA) is 88.2 Å². The van der Waals surface area contributed by atoms with Crippen molar-refractivity contribution >= 4 is 29.2 Å². The van der Waals surface area contributed by atoms with Gasteiger partial charge in [0, 0.05) is 19.4 Å². The molecule has 0 bridgehead atoms. The summed E-state index contributed by atoms with van der Waals surface area (Å²) in [5, 5.41) is 4.92. The van der Waals surface area contributed by atoms with Crippen LogP contribution in [-0.4, -0.2) is 22.6 Å². The molecule has 0 aromatic carbocycles. The fraction of sp³-hybridized carbons (Fsp3) is 0.273. The third-order valence-corrected chi connectivity index (χ3v) is 1.84. The van der Waals surface area contributed by atoms with Crippen molar-refractivity contribution in [2.24, 2.45) is 0 Å². The molecule has 0 atom stereocenters. The molecule has 90 valence electrons. The molecule has 17 heavy (non-hydrogen) atoms. The maximum Gasteiger partial charge on any atom is 0.222 e. The van der Waals surface area contributed by atoms with Gasteiger partial charge >= 0.3 is 0 Å². The lowest BCUT2D eigenvalue weighted by Gasteiger charge is -2.07. The SMILES string of the molecule is CC(=O)Nc1cc(C(C)=O)cc(NC(C)=O)n1. The van der Waals surface area contributed by atoms with Gasteiger partial charge in [0.1, 0.15) is 11.6 Å². The summed E-state index contributed by atoms with van der Waals surface area (Å²) in [6, 6.07) is 2.91. The molecule has 1 rings (SSSR count). The van der Waals surface area contributed by atoms with E-state index in [9.17, 15) is 14.4 Å². The number of aromatic nitrogens is 1. The van der Waals surface area contributed by atoms with E-state index in [-0.39, 0.29) is 29.2 Å². The average molecular weight is 235 g/mol. The minimum Gasteiger partial charge on any atom is -0.311 e. The predicted octanol–water partition coefficient (Wildman–Crippen LogP) is 1.20. The van der Waals surface area contributed by atoms with E-state index >= 15 is 0 Å². The Labute approximate surface area is 98.4 Å². The fourth-order valence-corrected chi connectivity index (χ4v) is 1.22. The summed E-state index contributed by atoms with van der Waals surface area (Å²) in [4.78, 5) is 37.1. The van der Waals surface area contributed by atoms with Gasteiger partial charge in [-0.2, -0.15) is 0 Å². The Bertz CT molecular complexity index is 449. The fourth-order valence-electron chi connectivity index (χ4n) is 1.22. The summed E-state index contributed by atoms with van der Waals surface area (Å²) >= 11 is 0. The molecule has 1 heterocycles. The van der Waals surface area contributed by atoms with Crippen molar-refractivity contribution in [2.45, 2.75) is 20.8 Å². The first-order chi connectivity index (χ1) is 7.88. The minimum absolute atomic E-state index is 0.175. The number of hydrogen-bond acceptors (Lipinski definition) is 4. The Balaban J connectivity index is 3.13. The number of anilines is 2. The van der Waals surface area contributed by atoms with E-state index in [0.717, 1.165) is 0 Å². The molecule has 0 aliphatic heterocycles. The highest BCUT2D eigenvalue weighted by molar-refractivity contribution is 5.98. The van der Waals surface area contributed by atoms with Crippen LogP contribution < -0.4 is 10.6 Å². The van der Waals surface area contributed by atoms with E-state index < -0.39 is 0 Å². The highest BCUT2D eigenvalue weighted by atomic mass is 16.2. The first kappa shape index (κ1) is 12.8. The van der Waals surface area contributed by atoms with Crippen LogP contribution in [0.25, 0.3) is 0 Å². The molecule has 1 aromatic rings. The molecular formula is C11H13N3O3. The number of carbonyl (C=O) groups excluding carboxylic acids is 3. The number of nitrogens with zero attached hydrogens (tertiary/aromatic N) is 1. The first-order valence-corrected chi connectivity index (χ1v) is 4.96. The monoisotopic (exact) mass is 235 g/mol. The molecule has 6 heteroatoms. The normalized spacial score (nSPS) is 9.59. The van der Waals surface area contributed by atoms with Crippen LogP contribution in [0.2, 0.25) is 0 Å². The predicted molar refractivity (Wildman–Crippen MR) is 62.8 cm³/mol. The number of carbonyl (C=O) groups is 3. The highest BCUT2D eigenvalue weighted by Gasteiger charge is 2.08. The van der Waals surface area contributed by atoms with Gasteiger partial charge in [-0.15, -0.1) is 0 Å². The minimum atomic E-state index is -0.299. The number of pyridine rings is 1. The Kier molecular flexibility index (Phi) is 3.92. The number of rotatable bonds is 3. The molecule has 2 N–H and O–H groups in total. The maximum absolute atomic E-state index is 11.3. The number of amides is 2. The van der Waals surface area contributed by atoms with Crippen LogP contribution in [0.5, 0.6) is 0 Å². The van der Waals surface area contributed by atoms with Gasteiger partial charge in [0.2, 0.25) is 11.8 Å². The molecule has 0 fully saturated rings. The molecule has 2 amide bonds. The lowest BCUT2D eigenvalue weighted by Crippen LogP contribution is -2.12. The molecule has 0 unspecified atom stereocenters. The van der Waals surface area contributed by atoms with Crippen molar-refractivity contribution in [3.63, 3.8) is 0 Å². The zero-order chi connectivity index (χ0) is 13.0. The summed E-state index contributed by atoms with van der Waals surface area (Å²) in [6.07, 6.45) is 0. The number of ketones is 1. The Morgan fingerprint density at radius 2 is 1.35 bits per heavy atom. The molecular weight excluding hydrogens is 222 g/mol. The highest BCUT2D eigenvalue weighted by Crippen LogP contribution is 2.15. The molecule has 0 spiro atoms. The van der Waals surface area contributed by atoms with Crippen molar-refractivity contribution in [3.05, 3.63) is 17.7 Å². The molecule has 6 nitrogen and oxygen atoms in total. The van der Waals surface area contributed by atoms with Gasteiger partial charge in [-0.3, -0.25) is 14.4 Å². The largest absolute Gasteiger partial charge is 0.311 e. The molecule has 0 aliphatic carbocycles. The summed E-state index contributed by atoms with van der Waals surface area (Å²) in [7, 11) is 0. The summed E-state index contributed by atoms with van der Waals surface area (Å²) in [5.41, 5.74) is 0.368. The summed E-state index contributed by atoms with van der Waals surface area (Å²) in [6.45, 7) is 4.06. The van der Waals surface area contributed by atoms with Crippen LogP contribution in [0.3, 0.4) is 0 Å². The van der Waals surface area contributed by atoms with E-state index in [1.165, 1.54) is 32.9 Å². The lowest BCUT2D eigenvalue weighted by molar-refractivity contribution is -0.115. The van der Waals surface area contributed by atoms with E-state index in [1.807, 2.05) is 0 Å². The van der Waals surface area contributed by atoms with Crippen LogP contribution >= 0.6 is 0 Å². The summed E-state index contributed by atoms with van der Waals surface area (Å²) in [5.74, 6) is -0.313. The van der Waals surface area contributed by atoms with Crippen LogP contribution in [-0.2, 0) is 9.59 Å². The molecule has 0 saturated carbocycles. The number of nitrogens with one attached hydrogen (secondary N) is 2.